The predicted octanol–water partition coefficient (Wildman–Crippen LogP) is -0.823. The summed E-state index contributed by atoms with van der Waals surface area (Å²) < 4.78 is 22.4. The molecular formula is C13H20NNaO10P2. The normalized spacial score (nSPS) is 12.2. The van der Waals surface area contributed by atoms with Crippen LogP contribution >= 0.6 is 15.2 Å². The minimum absolute atomic E-state index is 0. The summed E-state index contributed by atoms with van der Waals surface area (Å²) in [7, 11) is -11.0. The average molecular weight is 435 g/mol. The van der Waals surface area contributed by atoms with E-state index in [1.54, 1.807) is 0 Å². The molecule has 0 atom stereocenters. The van der Waals surface area contributed by atoms with Gasteiger partial charge in [0, 0.05) is 18.5 Å². The number of nitrogens with one attached hydrogen (secondary N) is 1. The zero-order valence-corrected chi connectivity index (χ0v) is 15.1. The van der Waals surface area contributed by atoms with Gasteiger partial charge in [-0.15, -0.1) is 0 Å². The number of rotatable bonds is 9. The van der Waals surface area contributed by atoms with E-state index in [1.807, 2.05) is 0 Å². The average Bonchev–Trinajstić information content (AvgIpc) is 2.49. The fourth-order valence-electron chi connectivity index (χ4n) is 2.04. The van der Waals surface area contributed by atoms with Crippen LogP contribution in [0.1, 0.15) is 28.8 Å². The number of aliphatic hydroxyl groups is 1. The van der Waals surface area contributed by atoms with E-state index < -0.39 is 38.6 Å². The van der Waals surface area contributed by atoms with Crippen LogP contribution in [-0.2, 0) is 20.3 Å². The van der Waals surface area contributed by atoms with Gasteiger partial charge in [0.15, 0.2) is 0 Å². The number of hydrogen-bond donors (Lipinski definition) is 7. The van der Waals surface area contributed by atoms with Crippen LogP contribution in [0.4, 0.5) is 0 Å². The van der Waals surface area contributed by atoms with Crippen molar-refractivity contribution >= 4 is 56.6 Å². The second-order valence-electron chi connectivity index (χ2n) is 5.49. The monoisotopic (exact) mass is 435 g/mol. The Balaban J connectivity index is 0.00000676. The third-order valence-electron chi connectivity index (χ3n) is 3.48. The Labute approximate surface area is 176 Å². The third-order valence-corrected chi connectivity index (χ3v) is 7.36. The molecule has 0 fully saturated rings. The van der Waals surface area contributed by atoms with Gasteiger partial charge in [-0.1, -0.05) is 12.1 Å². The Bertz CT molecular complexity index is 735. The maximum absolute atomic E-state index is 11.9. The molecule has 0 heterocycles. The molecule has 1 aromatic carbocycles. The Morgan fingerprint density at radius 1 is 1.00 bits per heavy atom. The number of hydrogen-bond acceptors (Lipinski definition) is 5. The quantitative estimate of drug-likeness (QED) is 0.146. The van der Waals surface area contributed by atoms with E-state index in [-0.39, 0.29) is 54.5 Å². The summed E-state index contributed by atoms with van der Waals surface area (Å²) in [5.41, 5.74) is 0.682. The molecule has 0 aromatic heterocycles. The van der Waals surface area contributed by atoms with Crippen molar-refractivity contribution in [1.29, 1.82) is 0 Å². The van der Waals surface area contributed by atoms with Crippen LogP contribution in [0.25, 0.3) is 0 Å². The molecule has 0 aliphatic rings. The van der Waals surface area contributed by atoms with Crippen LogP contribution in [0.5, 0.6) is 0 Å². The molecule has 14 heteroatoms. The van der Waals surface area contributed by atoms with E-state index in [2.05, 4.69) is 5.32 Å². The maximum atomic E-state index is 11.9. The predicted molar refractivity (Wildman–Crippen MR) is 95.5 cm³/mol. The summed E-state index contributed by atoms with van der Waals surface area (Å²) in [6, 6.07) is 5.66. The van der Waals surface area contributed by atoms with E-state index in [9.17, 15) is 23.8 Å². The van der Waals surface area contributed by atoms with Crippen molar-refractivity contribution in [2.45, 2.75) is 24.3 Å². The van der Waals surface area contributed by atoms with Gasteiger partial charge < -0.3 is 35.1 Å². The molecule has 0 aliphatic heterocycles. The minimum atomic E-state index is -5.52. The number of carboxylic acid groups (broad SMARTS) is 1. The molecule has 0 bridgehead atoms. The molecule has 0 radical (unpaired) electrons. The van der Waals surface area contributed by atoms with E-state index in [1.165, 1.54) is 24.3 Å². The Kier molecular flexibility index (Phi) is 10.0. The molecule has 148 valence electrons. The molecule has 0 spiro atoms. The summed E-state index contributed by atoms with van der Waals surface area (Å²) in [6.07, 6.45) is -1.44. The zero-order chi connectivity index (χ0) is 20.2. The van der Waals surface area contributed by atoms with Crippen LogP contribution in [0.15, 0.2) is 24.3 Å². The molecule has 11 nitrogen and oxygen atoms in total. The van der Waals surface area contributed by atoms with Crippen LogP contribution in [0.2, 0.25) is 0 Å². The van der Waals surface area contributed by atoms with E-state index in [0.717, 1.165) is 0 Å². The van der Waals surface area contributed by atoms with Gasteiger partial charge in [0.1, 0.15) is 0 Å². The van der Waals surface area contributed by atoms with Gasteiger partial charge in [-0.3, -0.25) is 18.7 Å². The Hall–Kier alpha value is -0.580. The molecule has 27 heavy (non-hydrogen) atoms. The molecule has 1 amide bonds. The first-order chi connectivity index (χ1) is 11.8. The second-order valence-corrected chi connectivity index (χ2v) is 9.50. The van der Waals surface area contributed by atoms with Gasteiger partial charge >= 0.3 is 50.7 Å². The van der Waals surface area contributed by atoms with Gasteiger partial charge in [-0.25, -0.2) is 0 Å². The summed E-state index contributed by atoms with van der Waals surface area (Å²) in [5.74, 6) is -1.60. The van der Waals surface area contributed by atoms with Crippen molar-refractivity contribution in [3.63, 3.8) is 0 Å². The summed E-state index contributed by atoms with van der Waals surface area (Å²) in [4.78, 5) is 58.4. The summed E-state index contributed by atoms with van der Waals surface area (Å²) in [5, 5.41) is 17.2. The standard InChI is InChI=1S/C13H19NO10P2.Na.H/c15-11(16)8-9-2-4-10(5-3-9)12(17)14-7-1-6-13(18,25(19,20)21)26(22,23)24;;/h2-5,18H,1,6-8H2,(H,14,17)(H,15,16)(H2,19,20,21)(H2,22,23,24);;. The first kappa shape index (κ1) is 26.4. The molecule has 0 saturated heterocycles. The van der Waals surface area contributed by atoms with Crippen molar-refractivity contribution in [3.05, 3.63) is 35.4 Å². The van der Waals surface area contributed by atoms with Crippen molar-refractivity contribution in [2.24, 2.45) is 0 Å². The Morgan fingerprint density at radius 2 is 1.48 bits per heavy atom. The molecule has 7 N–H and O–H groups in total. The van der Waals surface area contributed by atoms with Crippen molar-refractivity contribution in [2.75, 3.05) is 6.54 Å². The van der Waals surface area contributed by atoms with E-state index in [0.29, 0.717) is 5.56 Å². The fraction of sp³-hybridized carbons (Fsp3) is 0.385. The number of carbonyl (C=O) groups excluding carboxylic acids is 1. The molecule has 0 saturated carbocycles. The second kappa shape index (κ2) is 10.3. The molecule has 0 unspecified atom stereocenters. The number of aliphatic carboxylic acids is 1. The number of amides is 1. The molecule has 1 aromatic rings. The van der Waals surface area contributed by atoms with Crippen molar-refractivity contribution in [3.8, 4) is 0 Å². The van der Waals surface area contributed by atoms with Crippen LogP contribution in [0, 0.1) is 0 Å². The van der Waals surface area contributed by atoms with Crippen molar-refractivity contribution < 1.29 is 48.5 Å². The zero-order valence-electron chi connectivity index (χ0n) is 13.3. The number of benzene rings is 1. The van der Waals surface area contributed by atoms with Gasteiger partial charge in [0.2, 0.25) is 0 Å². The van der Waals surface area contributed by atoms with Crippen LogP contribution in [-0.4, -0.2) is 82.8 Å². The van der Waals surface area contributed by atoms with Crippen LogP contribution in [0.3, 0.4) is 0 Å². The third kappa shape index (κ3) is 7.40. The first-order valence-corrected chi connectivity index (χ1v) is 10.4. The summed E-state index contributed by atoms with van der Waals surface area (Å²) >= 11 is 0. The van der Waals surface area contributed by atoms with Gasteiger partial charge in [0.05, 0.1) is 6.42 Å². The van der Waals surface area contributed by atoms with Gasteiger partial charge in [0.25, 0.3) is 11.0 Å². The topological polar surface area (TPSA) is 202 Å². The SMILES string of the molecule is O=C(O)Cc1ccc(C(=O)NCCCC(O)(P(=O)(O)O)P(=O)(O)O)cc1.[NaH]. The van der Waals surface area contributed by atoms with Gasteiger partial charge in [-0.2, -0.15) is 0 Å². The number of carbonyl (C=O) groups is 2. The Morgan fingerprint density at radius 3 is 1.89 bits per heavy atom. The van der Waals surface area contributed by atoms with Crippen molar-refractivity contribution in [1.82, 2.24) is 5.32 Å². The number of carboxylic acids is 1. The summed E-state index contributed by atoms with van der Waals surface area (Å²) in [6.45, 7) is -0.210. The van der Waals surface area contributed by atoms with E-state index in [4.69, 9.17) is 24.7 Å². The molecule has 1 rings (SSSR count). The van der Waals surface area contributed by atoms with E-state index >= 15 is 0 Å². The van der Waals surface area contributed by atoms with Crippen LogP contribution < -0.4 is 5.32 Å². The molecule has 0 aliphatic carbocycles. The van der Waals surface area contributed by atoms with Gasteiger partial charge in [-0.05, 0) is 24.1 Å². The molecular weight excluding hydrogens is 415 g/mol. The first-order valence-electron chi connectivity index (χ1n) is 7.20. The fourth-order valence-corrected chi connectivity index (χ4v) is 4.30.